The summed E-state index contributed by atoms with van der Waals surface area (Å²) < 4.78 is 72.3. The molecule has 0 saturated heterocycles. The van der Waals surface area contributed by atoms with E-state index in [0.717, 1.165) is 0 Å². The molecule has 1 heterocycles. The molecule has 0 spiro atoms. The Bertz CT molecular complexity index is 1260. The zero-order valence-electron chi connectivity index (χ0n) is 15.7. The largest absolute Gasteiger partial charge is 0.573 e. The van der Waals surface area contributed by atoms with Gasteiger partial charge in [0.1, 0.15) is 17.6 Å². The first-order valence-corrected chi connectivity index (χ1v) is 11.0. The van der Waals surface area contributed by atoms with E-state index in [0.29, 0.717) is 27.3 Å². The molecule has 1 aliphatic heterocycles. The fourth-order valence-electron chi connectivity index (χ4n) is 3.57. The summed E-state index contributed by atoms with van der Waals surface area (Å²) in [5, 5.41) is 5.61. The summed E-state index contributed by atoms with van der Waals surface area (Å²) in [4.78, 5) is 0. The molecule has 0 radical (unpaired) electrons. The Morgan fingerprint density at radius 1 is 1.06 bits per heavy atom. The van der Waals surface area contributed by atoms with Crippen molar-refractivity contribution in [3.63, 3.8) is 0 Å². The van der Waals surface area contributed by atoms with Gasteiger partial charge in [-0.25, -0.2) is 13.6 Å². The lowest BCUT2D eigenvalue weighted by molar-refractivity contribution is -0.274. The summed E-state index contributed by atoms with van der Waals surface area (Å²) in [6, 6.07) is 15.5. The van der Waals surface area contributed by atoms with Gasteiger partial charge in [-0.05, 0) is 41.0 Å². The van der Waals surface area contributed by atoms with Crippen LogP contribution in [0.2, 0.25) is 5.02 Å². The molecular formula is C21H15ClF3NO4S. The van der Waals surface area contributed by atoms with E-state index in [2.05, 4.69) is 4.74 Å². The zero-order valence-corrected chi connectivity index (χ0v) is 17.3. The van der Waals surface area contributed by atoms with Crippen LogP contribution in [-0.2, 0) is 15.8 Å². The van der Waals surface area contributed by atoms with Crippen LogP contribution in [0.3, 0.4) is 0 Å². The van der Waals surface area contributed by atoms with Gasteiger partial charge in [0.05, 0.1) is 11.3 Å². The van der Waals surface area contributed by atoms with Crippen LogP contribution in [0.4, 0.5) is 13.2 Å². The number of fused-ring (bicyclic) bond motifs is 3. The predicted octanol–water partition coefficient (Wildman–Crippen LogP) is 5.18. The van der Waals surface area contributed by atoms with Crippen LogP contribution in [0.15, 0.2) is 60.7 Å². The summed E-state index contributed by atoms with van der Waals surface area (Å²) in [7, 11) is -3.82. The molecule has 0 bridgehead atoms. The quantitative estimate of drug-likeness (QED) is 0.571. The van der Waals surface area contributed by atoms with E-state index in [-0.39, 0.29) is 11.3 Å². The van der Waals surface area contributed by atoms with Crippen molar-refractivity contribution in [2.75, 3.05) is 0 Å². The molecule has 4 rings (SSSR count). The maximum atomic E-state index is 13.0. The predicted molar refractivity (Wildman–Crippen MR) is 109 cm³/mol. The maximum absolute atomic E-state index is 13.0. The molecule has 2 N–H and O–H groups in total. The summed E-state index contributed by atoms with van der Waals surface area (Å²) >= 11 is 6.11. The van der Waals surface area contributed by atoms with Crippen molar-refractivity contribution < 1.29 is 31.1 Å². The van der Waals surface area contributed by atoms with Gasteiger partial charge < -0.3 is 9.47 Å². The Kier molecular flexibility index (Phi) is 5.36. The third-order valence-electron chi connectivity index (χ3n) is 4.65. The van der Waals surface area contributed by atoms with Crippen LogP contribution < -0.4 is 14.6 Å². The van der Waals surface area contributed by atoms with Crippen LogP contribution in [0.1, 0.15) is 22.8 Å². The number of halogens is 4. The normalized spacial score (nSPS) is 15.6. The monoisotopic (exact) mass is 469 g/mol. The topological polar surface area (TPSA) is 78.6 Å². The molecular weight excluding hydrogens is 455 g/mol. The molecule has 0 amide bonds. The molecule has 0 aliphatic carbocycles. The van der Waals surface area contributed by atoms with Gasteiger partial charge in [-0.1, -0.05) is 48.0 Å². The Morgan fingerprint density at radius 2 is 1.81 bits per heavy atom. The Morgan fingerprint density at radius 3 is 2.48 bits per heavy atom. The van der Waals surface area contributed by atoms with E-state index >= 15 is 0 Å². The number of nitrogens with two attached hydrogens (primary N) is 1. The van der Waals surface area contributed by atoms with Crippen LogP contribution in [0, 0.1) is 0 Å². The summed E-state index contributed by atoms with van der Waals surface area (Å²) in [6.07, 6.45) is -5.63. The van der Waals surface area contributed by atoms with Crippen molar-refractivity contribution in [2.24, 2.45) is 5.14 Å². The van der Waals surface area contributed by atoms with Crippen LogP contribution in [-0.4, -0.2) is 14.8 Å². The van der Waals surface area contributed by atoms with Crippen molar-refractivity contribution in [3.05, 3.63) is 82.4 Å². The molecule has 3 aromatic rings. The van der Waals surface area contributed by atoms with E-state index in [1.54, 1.807) is 30.3 Å². The highest BCUT2D eigenvalue weighted by Crippen LogP contribution is 2.50. The molecule has 1 atom stereocenters. The Hall–Kier alpha value is -2.75. The fourth-order valence-corrected chi connectivity index (χ4v) is 4.41. The smallest absolute Gasteiger partial charge is 0.480 e. The number of sulfonamides is 1. The lowest BCUT2D eigenvalue weighted by Crippen LogP contribution is -2.21. The first-order chi connectivity index (χ1) is 14.5. The second-order valence-corrected chi connectivity index (χ2v) is 9.01. The van der Waals surface area contributed by atoms with Gasteiger partial charge in [-0.2, -0.15) is 0 Å². The van der Waals surface area contributed by atoms with Gasteiger partial charge in [-0.15, -0.1) is 13.2 Å². The molecule has 5 nitrogen and oxygen atoms in total. The van der Waals surface area contributed by atoms with E-state index in [4.69, 9.17) is 21.5 Å². The van der Waals surface area contributed by atoms with Crippen molar-refractivity contribution >= 4 is 21.6 Å². The number of rotatable bonds is 4. The van der Waals surface area contributed by atoms with Gasteiger partial charge >= 0.3 is 6.36 Å². The first-order valence-electron chi connectivity index (χ1n) is 8.95. The van der Waals surface area contributed by atoms with E-state index in [1.807, 2.05) is 0 Å². The number of hydrogen-bond donors (Lipinski definition) is 1. The number of ether oxygens (including phenoxy) is 2. The molecule has 1 aliphatic rings. The van der Waals surface area contributed by atoms with Crippen molar-refractivity contribution in [1.82, 2.24) is 0 Å². The second kappa shape index (κ2) is 7.74. The summed E-state index contributed by atoms with van der Waals surface area (Å²) in [6.45, 7) is 0. The highest BCUT2D eigenvalue weighted by molar-refractivity contribution is 7.88. The molecule has 1 unspecified atom stereocenters. The molecule has 0 saturated carbocycles. The van der Waals surface area contributed by atoms with Gasteiger partial charge in [0.2, 0.25) is 10.0 Å². The Balaban J connectivity index is 1.92. The molecule has 0 fully saturated rings. The van der Waals surface area contributed by atoms with E-state index < -0.39 is 34.0 Å². The highest BCUT2D eigenvalue weighted by atomic mass is 35.5. The van der Waals surface area contributed by atoms with Crippen LogP contribution in [0.25, 0.3) is 11.1 Å². The summed E-state index contributed by atoms with van der Waals surface area (Å²) in [5.41, 5.74) is 2.03. The minimum atomic E-state index is -4.90. The van der Waals surface area contributed by atoms with Crippen LogP contribution in [0.5, 0.6) is 11.5 Å². The number of alkyl halides is 3. The Labute approximate surface area is 181 Å². The van der Waals surface area contributed by atoms with Gasteiger partial charge in [0.25, 0.3) is 0 Å². The van der Waals surface area contributed by atoms with E-state index in [1.165, 1.54) is 30.3 Å². The average Bonchev–Trinajstić information content (AvgIpc) is 2.65. The number of benzene rings is 3. The van der Waals surface area contributed by atoms with Gasteiger partial charge in [-0.3, -0.25) is 0 Å². The highest BCUT2D eigenvalue weighted by Gasteiger charge is 2.36. The van der Waals surface area contributed by atoms with E-state index in [9.17, 15) is 21.6 Å². The molecule has 3 aromatic carbocycles. The zero-order chi connectivity index (χ0) is 22.4. The van der Waals surface area contributed by atoms with Gasteiger partial charge in [0, 0.05) is 10.6 Å². The van der Waals surface area contributed by atoms with Crippen molar-refractivity contribution in [3.8, 4) is 22.6 Å². The van der Waals surface area contributed by atoms with Crippen molar-refractivity contribution in [1.29, 1.82) is 0 Å². The minimum absolute atomic E-state index is 0.121. The first kappa shape index (κ1) is 21.5. The van der Waals surface area contributed by atoms with Crippen molar-refractivity contribution in [2.45, 2.75) is 18.2 Å². The maximum Gasteiger partial charge on any atom is 0.573 e. The fraction of sp³-hybridized carbons (Fsp3) is 0.143. The lowest BCUT2D eigenvalue weighted by Gasteiger charge is -2.31. The molecule has 31 heavy (non-hydrogen) atoms. The SMILES string of the molecule is NS(=O)(=O)Cc1ccc2c(c1)C(c1cccc(Cl)c1)Oc1cccc(OC(F)(F)F)c1-2. The number of hydrogen-bond acceptors (Lipinski definition) is 4. The lowest BCUT2D eigenvalue weighted by atomic mass is 9.88. The van der Waals surface area contributed by atoms with Gasteiger partial charge in [0.15, 0.2) is 0 Å². The summed E-state index contributed by atoms with van der Waals surface area (Å²) in [5.74, 6) is -0.663. The third-order valence-corrected chi connectivity index (χ3v) is 5.62. The molecule has 10 heteroatoms. The second-order valence-electron chi connectivity index (χ2n) is 6.96. The molecule has 162 valence electrons. The molecule has 0 aromatic heterocycles. The third kappa shape index (κ3) is 4.79. The standard InChI is InChI=1S/C21H15ClF3NO4S/c22-14-4-1-3-13(10-14)20-16-9-12(11-31(26,27)28)7-8-15(16)19-17(29-20)5-2-6-18(19)30-21(23,24)25/h1-10,20H,11H2,(H2,26,27,28). The average molecular weight is 470 g/mol. The van der Waals surface area contributed by atoms with Crippen LogP contribution >= 0.6 is 11.6 Å². The number of primary sulfonamides is 1. The minimum Gasteiger partial charge on any atom is -0.480 e.